The summed E-state index contributed by atoms with van der Waals surface area (Å²) in [5.41, 5.74) is -0.798. The molecule has 0 aromatic heterocycles. The van der Waals surface area contributed by atoms with Crippen LogP contribution in [-0.4, -0.2) is 53.1 Å². The molecule has 1 unspecified atom stereocenters. The summed E-state index contributed by atoms with van der Waals surface area (Å²) in [6, 6.07) is 3.11. The number of hydrogen-bond acceptors (Lipinski definition) is 4. The highest BCUT2D eigenvalue weighted by Crippen LogP contribution is 2.32. The third-order valence-corrected chi connectivity index (χ3v) is 3.43. The second kappa shape index (κ2) is 7.81. The summed E-state index contributed by atoms with van der Waals surface area (Å²) >= 11 is 0. The Balaban J connectivity index is 3.37. The second-order valence-corrected chi connectivity index (χ2v) is 6.36. The van der Waals surface area contributed by atoms with E-state index in [0.717, 1.165) is 22.1 Å². The standard InChI is InChI=1S/C16H21F3N2O5/c1-15(2,3)21(14(23)24)12(13(22)20(4)25-5)10-6-8-11(9-7-10)26-16(17,18)19/h6-9,12H,1-5H3,(H,23,24). The lowest BCUT2D eigenvalue weighted by Crippen LogP contribution is -2.52. The van der Waals surface area contributed by atoms with Gasteiger partial charge in [0, 0.05) is 12.6 Å². The fourth-order valence-electron chi connectivity index (χ4n) is 2.30. The van der Waals surface area contributed by atoms with Crippen LogP contribution in [0.5, 0.6) is 5.75 Å². The van der Waals surface area contributed by atoms with Gasteiger partial charge in [-0.15, -0.1) is 13.2 Å². The fourth-order valence-corrected chi connectivity index (χ4v) is 2.30. The molecule has 0 spiro atoms. The van der Waals surface area contributed by atoms with Crippen molar-refractivity contribution in [3.63, 3.8) is 0 Å². The molecule has 1 rings (SSSR count). The van der Waals surface area contributed by atoms with E-state index in [9.17, 15) is 27.9 Å². The first-order valence-electron chi connectivity index (χ1n) is 7.47. The minimum atomic E-state index is -4.86. The number of carbonyl (C=O) groups excluding carboxylic acids is 1. The number of hydroxylamine groups is 2. The molecule has 0 radical (unpaired) electrons. The number of likely N-dealkylation sites (N-methyl/N-ethyl adjacent to an activating group) is 1. The highest BCUT2D eigenvalue weighted by Gasteiger charge is 2.40. The van der Waals surface area contributed by atoms with Crippen molar-refractivity contribution in [2.24, 2.45) is 0 Å². The second-order valence-electron chi connectivity index (χ2n) is 6.36. The van der Waals surface area contributed by atoms with Crippen LogP contribution in [-0.2, 0) is 9.63 Å². The molecule has 0 saturated carbocycles. The maximum atomic E-state index is 12.7. The number of hydrogen-bond donors (Lipinski definition) is 1. The van der Waals surface area contributed by atoms with Crippen molar-refractivity contribution in [3.05, 3.63) is 29.8 Å². The van der Waals surface area contributed by atoms with E-state index in [1.807, 2.05) is 0 Å². The maximum Gasteiger partial charge on any atom is 0.573 e. The zero-order valence-electron chi connectivity index (χ0n) is 15.0. The minimum absolute atomic E-state index is 0.172. The number of rotatable bonds is 5. The van der Waals surface area contributed by atoms with Gasteiger partial charge in [-0.3, -0.25) is 14.5 Å². The minimum Gasteiger partial charge on any atom is -0.465 e. The van der Waals surface area contributed by atoms with Crippen molar-refractivity contribution in [1.29, 1.82) is 0 Å². The first-order valence-corrected chi connectivity index (χ1v) is 7.47. The van der Waals surface area contributed by atoms with Gasteiger partial charge in [-0.05, 0) is 38.5 Å². The van der Waals surface area contributed by atoms with E-state index in [4.69, 9.17) is 4.84 Å². The Morgan fingerprint density at radius 2 is 1.62 bits per heavy atom. The number of carboxylic acid groups (broad SMARTS) is 1. The molecule has 26 heavy (non-hydrogen) atoms. The summed E-state index contributed by atoms with van der Waals surface area (Å²) in [6.07, 6.45) is -6.22. The van der Waals surface area contributed by atoms with Crippen LogP contribution < -0.4 is 4.74 Å². The van der Waals surface area contributed by atoms with Gasteiger partial charge in [0.05, 0.1) is 7.11 Å². The van der Waals surface area contributed by atoms with Gasteiger partial charge in [-0.25, -0.2) is 9.86 Å². The molecular weight excluding hydrogens is 357 g/mol. The van der Waals surface area contributed by atoms with E-state index in [1.54, 1.807) is 20.8 Å². The molecule has 1 atom stereocenters. The average molecular weight is 378 g/mol. The van der Waals surface area contributed by atoms with Crippen LogP contribution in [0, 0.1) is 0 Å². The number of carbonyl (C=O) groups is 2. The Morgan fingerprint density at radius 3 is 1.96 bits per heavy atom. The Labute approximate surface area is 148 Å². The smallest absolute Gasteiger partial charge is 0.465 e. The highest BCUT2D eigenvalue weighted by atomic mass is 19.4. The topological polar surface area (TPSA) is 79.3 Å². The molecule has 0 aliphatic rings. The van der Waals surface area contributed by atoms with Crippen molar-refractivity contribution in [2.45, 2.75) is 38.7 Å². The zero-order valence-corrected chi connectivity index (χ0v) is 15.0. The molecule has 7 nitrogen and oxygen atoms in total. The third-order valence-electron chi connectivity index (χ3n) is 3.43. The first-order chi connectivity index (χ1) is 11.8. The summed E-state index contributed by atoms with van der Waals surface area (Å²) in [7, 11) is 2.54. The van der Waals surface area contributed by atoms with Crippen LogP contribution >= 0.6 is 0 Å². The van der Waals surface area contributed by atoms with Gasteiger partial charge in [-0.2, -0.15) is 0 Å². The monoisotopic (exact) mass is 378 g/mol. The third kappa shape index (κ3) is 5.51. The molecule has 1 aromatic carbocycles. The number of benzene rings is 1. The fraction of sp³-hybridized carbons (Fsp3) is 0.500. The van der Waals surface area contributed by atoms with E-state index >= 15 is 0 Å². The summed E-state index contributed by atoms with van der Waals surface area (Å²) < 4.78 is 40.6. The number of ether oxygens (including phenoxy) is 1. The van der Waals surface area contributed by atoms with Gasteiger partial charge in [0.15, 0.2) is 0 Å². The number of amides is 2. The Bertz CT molecular complexity index is 641. The molecule has 0 heterocycles. The van der Waals surface area contributed by atoms with Gasteiger partial charge in [0.25, 0.3) is 5.91 Å². The maximum absolute atomic E-state index is 12.7. The quantitative estimate of drug-likeness (QED) is 0.795. The predicted octanol–water partition coefficient (Wildman–Crippen LogP) is 3.42. The van der Waals surface area contributed by atoms with Gasteiger partial charge < -0.3 is 9.84 Å². The van der Waals surface area contributed by atoms with Crippen LogP contribution in [0.4, 0.5) is 18.0 Å². The van der Waals surface area contributed by atoms with E-state index < -0.39 is 35.7 Å². The van der Waals surface area contributed by atoms with Crippen LogP contribution in [0.25, 0.3) is 0 Å². The van der Waals surface area contributed by atoms with Crippen molar-refractivity contribution < 1.29 is 37.4 Å². The number of halogens is 3. The molecule has 0 bridgehead atoms. The summed E-state index contributed by atoms with van der Waals surface area (Å²) in [5, 5.41) is 10.4. The highest BCUT2D eigenvalue weighted by molar-refractivity contribution is 5.86. The molecule has 1 aromatic rings. The molecule has 10 heteroatoms. The molecular formula is C16H21F3N2O5. The van der Waals surface area contributed by atoms with Crippen molar-refractivity contribution in [2.75, 3.05) is 14.2 Å². The van der Waals surface area contributed by atoms with Crippen molar-refractivity contribution >= 4 is 12.0 Å². The van der Waals surface area contributed by atoms with Crippen LogP contribution in [0.1, 0.15) is 32.4 Å². The average Bonchev–Trinajstić information content (AvgIpc) is 2.48. The van der Waals surface area contributed by atoms with Crippen LogP contribution in [0.2, 0.25) is 0 Å². The molecule has 0 fully saturated rings. The van der Waals surface area contributed by atoms with Gasteiger partial charge >= 0.3 is 12.5 Å². The Hall–Kier alpha value is -2.49. The van der Waals surface area contributed by atoms with Crippen molar-refractivity contribution in [1.82, 2.24) is 9.96 Å². The lowest BCUT2D eigenvalue weighted by Gasteiger charge is -2.39. The number of nitrogens with zero attached hydrogens (tertiary/aromatic N) is 2. The summed E-state index contributed by atoms with van der Waals surface area (Å²) in [5.74, 6) is -1.18. The molecule has 2 amide bonds. The van der Waals surface area contributed by atoms with E-state index in [2.05, 4.69) is 4.74 Å². The van der Waals surface area contributed by atoms with Gasteiger partial charge in [0.2, 0.25) is 0 Å². The van der Waals surface area contributed by atoms with E-state index in [-0.39, 0.29) is 5.56 Å². The largest absolute Gasteiger partial charge is 0.573 e. The Morgan fingerprint density at radius 1 is 1.12 bits per heavy atom. The van der Waals surface area contributed by atoms with Gasteiger partial charge in [-0.1, -0.05) is 12.1 Å². The Kier molecular flexibility index (Phi) is 6.48. The molecule has 0 saturated heterocycles. The van der Waals surface area contributed by atoms with Gasteiger partial charge in [0.1, 0.15) is 11.8 Å². The molecule has 146 valence electrons. The lowest BCUT2D eigenvalue weighted by molar-refractivity contribution is -0.274. The molecule has 0 aliphatic carbocycles. The van der Waals surface area contributed by atoms with E-state index in [1.165, 1.54) is 26.3 Å². The molecule has 0 aliphatic heterocycles. The van der Waals surface area contributed by atoms with Crippen molar-refractivity contribution in [3.8, 4) is 5.75 Å². The van der Waals surface area contributed by atoms with E-state index in [0.29, 0.717) is 0 Å². The predicted molar refractivity (Wildman–Crippen MR) is 85.3 cm³/mol. The SMILES string of the molecule is CON(C)C(=O)C(c1ccc(OC(F)(F)F)cc1)N(C(=O)O)C(C)(C)C. The lowest BCUT2D eigenvalue weighted by atomic mass is 9.97. The van der Waals surface area contributed by atoms with Crippen LogP contribution in [0.15, 0.2) is 24.3 Å². The summed E-state index contributed by atoms with van der Waals surface area (Å²) in [4.78, 5) is 30.2. The first kappa shape index (κ1) is 21.6. The molecule has 1 N–H and O–H groups in total. The number of alkyl halides is 3. The van der Waals surface area contributed by atoms with Crippen LogP contribution in [0.3, 0.4) is 0 Å². The zero-order chi connectivity index (χ0) is 20.3. The summed E-state index contributed by atoms with van der Waals surface area (Å²) in [6.45, 7) is 4.78. The normalized spacial score (nSPS) is 13.1.